The largest absolute Gasteiger partial charge is 0.382 e. The molecule has 0 spiro atoms. The normalized spacial score (nSPS) is 13.0. The molecule has 0 saturated heterocycles. The van der Waals surface area contributed by atoms with Crippen LogP contribution in [0.2, 0.25) is 0 Å². The highest BCUT2D eigenvalue weighted by molar-refractivity contribution is 5.78. The van der Waals surface area contributed by atoms with Gasteiger partial charge >= 0.3 is 0 Å². The van der Waals surface area contributed by atoms with E-state index in [1.807, 2.05) is 13.8 Å². The predicted molar refractivity (Wildman–Crippen MR) is 98.6 cm³/mol. The minimum Gasteiger partial charge on any atom is -0.382 e. The van der Waals surface area contributed by atoms with Crippen molar-refractivity contribution in [1.82, 2.24) is 5.32 Å². The molecule has 0 aliphatic heterocycles. The molecule has 1 N–H and O–H groups in total. The number of likely N-dealkylation sites (N-methyl/N-ethyl adjacent to an activating group) is 1. The number of hydrogen-bond donors (Lipinski definition) is 1. The number of methoxy groups -OCH3 is 1. The predicted octanol–water partition coefficient (Wildman–Crippen LogP) is 0.921. The maximum atomic E-state index is 11.6. The lowest BCUT2D eigenvalue weighted by Gasteiger charge is -2.29. The van der Waals surface area contributed by atoms with Crippen LogP contribution in [-0.2, 0) is 23.7 Å². The Morgan fingerprint density at radius 3 is 1.96 bits per heavy atom. The maximum absolute atomic E-state index is 11.6. The van der Waals surface area contributed by atoms with Gasteiger partial charge < -0.3 is 28.7 Å². The topological polar surface area (TPSA) is 66.0 Å². The van der Waals surface area contributed by atoms with E-state index in [1.165, 1.54) is 0 Å². The third-order valence-corrected chi connectivity index (χ3v) is 4.09. The molecule has 0 saturated carbocycles. The first-order chi connectivity index (χ1) is 11.9. The van der Waals surface area contributed by atoms with Crippen LogP contribution in [0.25, 0.3) is 0 Å². The van der Waals surface area contributed by atoms with Crippen molar-refractivity contribution in [2.24, 2.45) is 5.92 Å². The second-order valence-electron chi connectivity index (χ2n) is 6.81. The Hall–Kier alpha value is -0.730. The Labute approximate surface area is 153 Å². The van der Waals surface area contributed by atoms with E-state index in [0.29, 0.717) is 46.2 Å². The van der Waals surface area contributed by atoms with Gasteiger partial charge in [-0.25, -0.2) is 0 Å². The van der Waals surface area contributed by atoms with E-state index in [-0.39, 0.29) is 11.8 Å². The van der Waals surface area contributed by atoms with Crippen molar-refractivity contribution in [2.45, 2.75) is 20.3 Å². The number of carbonyl (C=O) groups excluding carboxylic acids is 1. The summed E-state index contributed by atoms with van der Waals surface area (Å²) in [6, 6.07) is 0. The van der Waals surface area contributed by atoms with Crippen molar-refractivity contribution < 1.29 is 28.2 Å². The highest BCUT2D eigenvalue weighted by Gasteiger charge is 2.14. The number of nitrogens with one attached hydrogen (secondary N) is 1. The van der Waals surface area contributed by atoms with E-state index in [0.717, 1.165) is 30.6 Å². The number of ether oxygens (including phenoxy) is 4. The van der Waals surface area contributed by atoms with E-state index < -0.39 is 0 Å². The summed E-state index contributed by atoms with van der Waals surface area (Å²) < 4.78 is 22.4. The highest BCUT2D eigenvalue weighted by Crippen LogP contribution is 1.99. The summed E-state index contributed by atoms with van der Waals surface area (Å²) in [5, 5.41) is 2.86. The minimum atomic E-state index is 0.0650. The van der Waals surface area contributed by atoms with Crippen molar-refractivity contribution in [3.63, 3.8) is 0 Å². The summed E-state index contributed by atoms with van der Waals surface area (Å²) >= 11 is 0. The van der Waals surface area contributed by atoms with Crippen LogP contribution in [0, 0.1) is 5.92 Å². The van der Waals surface area contributed by atoms with Gasteiger partial charge in [0.2, 0.25) is 5.91 Å². The van der Waals surface area contributed by atoms with Crippen molar-refractivity contribution in [1.29, 1.82) is 0 Å². The third-order valence-electron chi connectivity index (χ3n) is 4.09. The molecule has 0 aromatic carbocycles. The quantitative estimate of drug-likeness (QED) is 0.308. The second kappa shape index (κ2) is 15.5. The molecular weight excluding hydrogens is 324 g/mol. The zero-order chi connectivity index (χ0) is 19.0. The lowest BCUT2D eigenvalue weighted by molar-refractivity contribution is -0.891. The molecule has 0 aromatic rings. The van der Waals surface area contributed by atoms with Crippen LogP contribution < -0.4 is 5.32 Å². The molecule has 1 atom stereocenters. The van der Waals surface area contributed by atoms with Crippen LogP contribution in [-0.4, -0.2) is 97.5 Å². The standard InChI is InChI=1S/C18H38N2O5/c1-6-17(2)18(21)19-7-10-23-15-16-25-12-9-20(3,4)8-11-24-14-13-22-5/h17H,6-16H2,1-5H3/p+1. The van der Waals surface area contributed by atoms with Crippen molar-refractivity contribution in [2.75, 3.05) is 87.1 Å². The van der Waals surface area contributed by atoms with E-state index >= 15 is 0 Å². The fourth-order valence-electron chi connectivity index (χ4n) is 1.91. The molecular formula is C18H39N2O5+. The number of rotatable bonds is 17. The van der Waals surface area contributed by atoms with Crippen LogP contribution in [0.4, 0.5) is 0 Å². The lowest BCUT2D eigenvalue weighted by Crippen LogP contribution is -2.44. The first-order valence-corrected chi connectivity index (χ1v) is 9.24. The summed E-state index contributed by atoms with van der Waals surface area (Å²) in [7, 11) is 6.01. The Bertz CT molecular complexity index is 327. The van der Waals surface area contributed by atoms with Crippen LogP contribution >= 0.6 is 0 Å². The van der Waals surface area contributed by atoms with E-state index in [9.17, 15) is 4.79 Å². The molecule has 1 amide bonds. The van der Waals surface area contributed by atoms with Gasteiger partial charge in [0.25, 0.3) is 0 Å². The molecule has 0 heterocycles. The molecule has 0 rings (SSSR count). The summed E-state index contributed by atoms with van der Waals surface area (Å²) in [6.07, 6.45) is 0.856. The van der Waals surface area contributed by atoms with Gasteiger partial charge in [0.15, 0.2) is 0 Å². The van der Waals surface area contributed by atoms with Gasteiger partial charge in [-0.1, -0.05) is 13.8 Å². The van der Waals surface area contributed by atoms with Gasteiger partial charge in [-0.15, -0.1) is 0 Å². The van der Waals surface area contributed by atoms with E-state index in [4.69, 9.17) is 18.9 Å². The van der Waals surface area contributed by atoms with Crippen molar-refractivity contribution in [3.8, 4) is 0 Å². The monoisotopic (exact) mass is 363 g/mol. The molecule has 0 aromatic heterocycles. The smallest absolute Gasteiger partial charge is 0.222 e. The number of nitrogens with zero attached hydrogens (tertiary/aromatic N) is 1. The second-order valence-corrected chi connectivity index (χ2v) is 6.81. The number of amides is 1. The molecule has 0 fully saturated rings. The van der Waals surface area contributed by atoms with Gasteiger partial charge in [-0.3, -0.25) is 4.79 Å². The zero-order valence-corrected chi connectivity index (χ0v) is 16.8. The third kappa shape index (κ3) is 15.3. The average molecular weight is 364 g/mol. The lowest BCUT2D eigenvalue weighted by atomic mass is 10.1. The molecule has 7 nitrogen and oxygen atoms in total. The fourth-order valence-corrected chi connectivity index (χ4v) is 1.91. The summed E-state index contributed by atoms with van der Waals surface area (Å²) in [6.45, 7) is 10.7. The van der Waals surface area contributed by atoms with Gasteiger partial charge in [-0.05, 0) is 6.42 Å². The molecule has 7 heteroatoms. The molecule has 0 radical (unpaired) electrons. The van der Waals surface area contributed by atoms with Gasteiger partial charge in [0, 0.05) is 19.6 Å². The number of hydrogen-bond acceptors (Lipinski definition) is 5. The van der Waals surface area contributed by atoms with Crippen LogP contribution in [0.5, 0.6) is 0 Å². The van der Waals surface area contributed by atoms with Crippen molar-refractivity contribution >= 4 is 5.91 Å². The molecule has 150 valence electrons. The first kappa shape index (κ1) is 24.3. The Morgan fingerprint density at radius 2 is 1.44 bits per heavy atom. The summed E-state index contributed by atoms with van der Waals surface area (Å²) in [5.74, 6) is 0.156. The minimum absolute atomic E-state index is 0.0650. The highest BCUT2D eigenvalue weighted by atomic mass is 16.5. The van der Waals surface area contributed by atoms with Gasteiger partial charge in [0.05, 0.1) is 60.3 Å². The van der Waals surface area contributed by atoms with Gasteiger partial charge in [0.1, 0.15) is 13.1 Å². The Kier molecular flexibility index (Phi) is 15.1. The molecule has 0 bridgehead atoms. The molecule has 25 heavy (non-hydrogen) atoms. The number of quaternary nitrogens is 1. The van der Waals surface area contributed by atoms with E-state index in [1.54, 1.807) is 7.11 Å². The molecule has 0 aliphatic rings. The van der Waals surface area contributed by atoms with Crippen LogP contribution in [0.3, 0.4) is 0 Å². The summed E-state index contributed by atoms with van der Waals surface area (Å²) in [4.78, 5) is 11.6. The molecule has 1 unspecified atom stereocenters. The SMILES string of the molecule is CCC(C)C(=O)NCCOCCOCC[N+](C)(C)CCOCCOC. The number of carbonyl (C=O) groups is 1. The first-order valence-electron chi connectivity index (χ1n) is 9.24. The van der Waals surface area contributed by atoms with E-state index in [2.05, 4.69) is 19.4 Å². The maximum Gasteiger partial charge on any atom is 0.222 e. The van der Waals surface area contributed by atoms with Gasteiger partial charge in [-0.2, -0.15) is 0 Å². The molecule has 0 aliphatic carbocycles. The van der Waals surface area contributed by atoms with Crippen LogP contribution in [0.1, 0.15) is 20.3 Å². The Morgan fingerprint density at radius 1 is 0.920 bits per heavy atom. The van der Waals surface area contributed by atoms with Crippen molar-refractivity contribution in [3.05, 3.63) is 0 Å². The Balaban J connectivity index is 3.43. The zero-order valence-electron chi connectivity index (χ0n) is 16.8. The fraction of sp³-hybridized carbons (Fsp3) is 0.944. The van der Waals surface area contributed by atoms with Crippen LogP contribution in [0.15, 0.2) is 0 Å². The summed E-state index contributed by atoms with van der Waals surface area (Å²) in [5.41, 5.74) is 0. The average Bonchev–Trinajstić information content (AvgIpc) is 2.59.